The molecule has 1 aromatic carbocycles. The van der Waals surface area contributed by atoms with E-state index in [2.05, 4.69) is 27.9 Å². The van der Waals surface area contributed by atoms with Crippen LogP contribution >= 0.6 is 22.6 Å². The Labute approximate surface area is 107 Å². The predicted octanol–water partition coefficient (Wildman–Crippen LogP) is 1.98. The van der Waals surface area contributed by atoms with E-state index >= 15 is 0 Å². The second-order valence-corrected chi connectivity index (χ2v) is 5.03. The molecule has 1 aliphatic rings. The molecule has 0 aliphatic carbocycles. The number of halogens is 1. The Morgan fingerprint density at radius 2 is 2.19 bits per heavy atom. The molecule has 1 N–H and O–H groups in total. The van der Waals surface area contributed by atoms with E-state index in [4.69, 9.17) is 0 Å². The summed E-state index contributed by atoms with van der Waals surface area (Å²) in [6.07, 6.45) is 0. The van der Waals surface area contributed by atoms with Gasteiger partial charge in [-0.05, 0) is 40.8 Å². The fourth-order valence-corrected chi connectivity index (χ4v) is 2.13. The summed E-state index contributed by atoms with van der Waals surface area (Å²) < 4.78 is 1.06. The first-order chi connectivity index (χ1) is 7.58. The van der Waals surface area contributed by atoms with Crippen LogP contribution in [0, 0.1) is 9.49 Å². The first-order valence-corrected chi connectivity index (χ1v) is 6.04. The highest BCUT2D eigenvalue weighted by atomic mass is 127. The molecular formula is C11H11IN2O2. The number of anilines is 1. The van der Waals surface area contributed by atoms with Gasteiger partial charge in [-0.25, -0.2) is 4.79 Å². The van der Waals surface area contributed by atoms with Crippen LogP contribution in [0.4, 0.5) is 10.5 Å². The monoisotopic (exact) mass is 330 g/mol. The smallest absolute Gasteiger partial charge is 0.293 e. The van der Waals surface area contributed by atoms with Crippen LogP contribution in [0.3, 0.4) is 0 Å². The number of carbonyl (C=O) groups excluding carboxylic acids is 2. The number of amides is 3. The zero-order valence-electron chi connectivity index (χ0n) is 8.74. The van der Waals surface area contributed by atoms with Crippen LogP contribution in [-0.2, 0) is 4.79 Å². The highest BCUT2D eigenvalue weighted by Gasteiger charge is 2.29. The van der Waals surface area contributed by atoms with E-state index in [1.54, 1.807) is 4.90 Å². The second kappa shape index (κ2) is 4.40. The van der Waals surface area contributed by atoms with Crippen molar-refractivity contribution in [2.75, 3.05) is 11.4 Å². The largest absolute Gasteiger partial charge is 0.328 e. The van der Waals surface area contributed by atoms with Crippen molar-refractivity contribution in [2.45, 2.75) is 6.92 Å². The van der Waals surface area contributed by atoms with E-state index in [9.17, 15) is 9.59 Å². The van der Waals surface area contributed by atoms with Gasteiger partial charge in [0.15, 0.2) is 0 Å². The molecule has 0 bridgehead atoms. The Bertz CT molecular complexity index is 447. The number of hydrogen-bond acceptors (Lipinski definition) is 2. The quantitative estimate of drug-likeness (QED) is 0.801. The molecule has 1 aliphatic heterocycles. The summed E-state index contributed by atoms with van der Waals surface area (Å²) in [5.41, 5.74) is 0.823. The fourth-order valence-electron chi connectivity index (χ4n) is 1.60. The number of urea groups is 1. The maximum Gasteiger partial charge on any atom is 0.328 e. The average molecular weight is 330 g/mol. The number of benzene rings is 1. The van der Waals surface area contributed by atoms with Crippen molar-refractivity contribution in [3.05, 3.63) is 27.8 Å². The van der Waals surface area contributed by atoms with Crippen molar-refractivity contribution in [2.24, 2.45) is 5.92 Å². The van der Waals surface area contributed by atoms with Crippen molar-refractivity contribution in [3.63, 3.8) is 0 Å². The Hall–Kier alpha value is -1.11. The SMILES string of the molecule is CC1CN(c2cccc(I)c2)C(=O)NC1=O. The van der Waals surface area contributed by atoms with Gasteiger partial charge in [0.05, 0.1) is 5.92 Å². The molecule has 1 atom stereocenters. The van der Waals surface area contributed by atoms with Gasteiger partial charge in [0.2, 0.25) is 5.91 Å². The van der Waals surface area contributed by atoms with Gasteiger partial charge in [-0.15, -0.1) is 0 Å². The van der Waals surface area contributed by atoms with Crippen molar-refractivity contribution in [3.8, 4) is 0 Å². The topological polar surface area (TPSA) is 49.4 Å². The van der Waals surface area contributed by atoms with Gasteiger partial charge in [-0.1, -0.05) is 13.0 Å². The Morgan fingerprint density at radius 1 is 1.44 bits per heavy atom. The summed E-state index contributed by atoms with van der Waals surface area (Å²) in [5, 5.41) is 2.34. The highest BCUT2D eigenvalue weighted by Crippen LogP contribution is 2.21. The molecule has 1 unspecified atom stereocenters. The Kier molecular flexibility index (Phi) is 3.13. The van der Waals surface area contributed by atoms with Gasteiger partial charge in [0.1, 0.15) is 0 Å². The second-order valence-electron chi connectivity index (χ2n) is 3.79. The molecule has 1 fully saturated rings. The molecule has 16 heavy (non-hydrogen) atoms. The molecule has 84 valence electrons. The maximum atomic E-state index is 11.7. The fraction of sp³-hybridized carbons (Fsp3) is 0.273. The van der Waals surface area contributed by atoms with E-state index in [0.717, 1.165) is 9.26 Å². The molecule has 0 radical (unpaired) electrons. The minimum Gasteiger partial charge on any atom is -0.293 e. The molecule has 4 nitrogen and oxygen atoms in total. The van der Waals surface area contributed by atoms with Gasteiger partial charge in [0, 0.05) is 15.8 Å². The number of rotatable bonds is 1. The van der Waals surface area contributed by atoms with E-state index < -0.39 is 0 Å². The molecule has 2 rings (SSSR count). The van der Waals surface area contributed by atoms with Crippen LogP contribution in [0.5, 0.6) is 0 Å². The van der Waals surface area contributed by atoms with E-state index in [0.29, 0.717) is 6.54 Å². The van der Waals surface area contributed by atoms with Gasteiger partial charge in [0.25, 0.3) is 0 Å². The van der Waals surface area contributed by atoms with Crippen LogP contribution < -0.4 is 10.2 Å². The first-order valence-electron chi connectivity index (χ1n) is 4.96. The van der Waals surface area contributed by atoms with Gasteiger partial charge in [-0.3, -0.25) is 15.0 Å². The molecule has 1 aromatic rings. The van der Waals surface area contributed by atoms with Crippen LogP contribution in [0.25, 0.3) is 0 Å². The minimum absolute atomic E-state index is 0.171. The number of nitrogens with one attached hydrogen (secondary N) is 1. The van der Waals surface area contributed by atoms with Crippen molar-refractivity contribution in [1.82, 2.24) is 5.32 Å². The van der Waals surface area contributed by atoms with E-state index in [1.165, 1.54) is 0 Å². The third-order valence-electron chi connectivity index (χ3n) is 2.50. The van der Waals surface area contributed by atoms with E-state index in [1.807, 2.05) is 31.2 Å². The molecule has 1 heterocycles. The molecular weight excluding hydrogens is 319 g/mol. The van der Waals surface area contributed by atoms with Crippen LogP contribution in [-0.4, -0.2) is 18.5 Å². The van der Waals surface area contributed by atoms with Crippen molar-refractivity contribution in [1.29, 1.82) is 0 Å². The van der Waals surface area contributed by atoms with Crippen molar-refractivity contribution < 1.29 is 9.59 Å². The lowest BCUT2D eigenvalue weighted by atomic mass is 10.1. The Morgan fingerprint density at radius 3 is 2.88 bits per heavy atom. The number of nitrogens with zero attached hydrogens (tertiary/aromatic N) is 1. The summed E-state index contributed by atoms with van der Waals surface area (Å²) in [5.74, 6) is -0.373. The molecule has 1 saturated heterocycles. The first kappa shape index (κ1) is 11.4. The lowest BCUT2D eigenvalue weighted by Crippen LogP contribution is -2.53. The van der Waals surface area contributed by atoms with Gasteiger partial charge < -0.3 is 0 Å². The summed E-state index contributed by atoms with van der Waals surface area (Å²) >= 11 is 2.19. The highest BCUT2D eigenvalue weighted by molar-refractivity contribution is 14.1. The minimum atomic E-state index is -0.342. The van der Waals surface area contributed by atoms with Crippen molar-refractivity contribution >= 4 is 40.2 Å². The lowest BCUT2D eigenvalue weighted by molar-refractivity contribution is -0.123. The molecule has 3 amide bonds. The number of hydrogen-bond donors (Lipinski definition) is 1. The standard InChI is InChI=1S/C11H11IN2O2/c1-7-6-14(11(16)13-10(7)15)9-4-2-3-8(12)5-9/h2-5,7H,6H2,1H3,(H,13,15,16). The number of carbonyl (C=O) groups is 2. The summed E-state index contributed by atoms with van der Waals surface area (Å²) in [6.45, 7) is 2.24. The average Bonchev–Trinajstić information content (AvgIpc) is 2.23. The zero-order chi connectivity index (χ0) is 11.7. The lowest BCUT2D eigenvalue weighted by Gasteiger charge is -2.30. The summed E-state index contributed by atoms with van der Waals surface area (Å²) in [6, 6.07) is 7.30. The third-order valence-corrected chi connectivity index (χ3v) is 3.17. The summed E-state index contributed by atoms with van der Waals surface area (Å²) in [4.78, 5) is 24.5. The molecule has 5 heteroatoms. The normalized spacial score (nSPS) is 20.9. The zero-order valence-corrected chi connectivity index (χ0v) is 10.9. The molecule has 0 aromatic heterocycles. The predicted molar refractivity (Wildman–Crippen MR) is 69.2 cm³/mol. The van der Waals surface area contributed by atoms with Gasteiger partial charge in [-0.2, -0.15) is 0 Å². The van der Waals surface area contributed by atoms with E-state index in [-0.39, 0.29) is 17.9 Å². The number of imide groups is 1. The van der Waals surface area contributed by atoms with Crippen LogP contribution in [0.1, 0.15) is 6.92 Å². The molecule has 0 spiro atoms. The Balaban J connectivity index is 2.27. The maximum absolute atomic E-state index is 11.7. The van der Waals surface area contributed by atoms with Crippen LogP contribution in [0.2, 0.25) is 0 Å². The third kappa shape index (κ3) is 2.18. The van der Waals surface area contributed by atoms with Gasteiger partial charge >= 0.3 is 6.03 Å². The molecule has 0 saturated carbocycles. The summed E-state index contributed by atoms with van der Waals surface area (Å²) in [7, 11) is 0. The van der Waals surface area contributed by atoms with Crippen LogP contribution in [0.15, 0.2) is 24.3 Å².